The van der Waals surface area contributed by atoms with E-state index in [1.807, 2.05) is 66.4 Å². The SMILES string of the molecule is CC(Oc1ccccc1)C(=O)N1CCC(n2nc(-c3ccccc3)cc2-c2ccccc2)CC1. The molecule has 1 atom stereocenters. The van der Waals surface area contributed by atoms with E-state index in [1.54, 1.807) is 0 Å². The van der Waals surface area contributed by atoms with Crippen LogP contribution in [0, 0.1) is 0 Å². The van der Waals surface area contributed by atoms with Gasteiger partial charge in [-0.15, -0.1) is 0 Å². The lowest BCUT2D eigenvalue weighted by Crippen LogP contribution is -2.45. The van der Waals surface area contributed by atoms with E-state index < -0.39 is 6.10 Å². The minimum absolute atomic E-state index is 0.0380. The first-order chi connectivity index (χ1) is 16.7. The molecule has 1 amide bonds. The van der Waals surface area contributed by atoms with Gasteiger partial charge in [0.05, 0.1) is 17.4 Å². The van der Waals surface area contributed by atoms with E-state index in [1.165, 1.54) is 0 Å². The van der Waals surface area contributed by atoms with Crippen molar-refractivity contribution in [3.63, 3.8) is 0 Å². The number of hydrogen-bond acceptors (Lipinski definition) is 3. The van der Waals surface area contributed by atoms with E-state index in [0.717, 1.165) is 41.1 Å². The molecule has 1 aliphatic rings. The third-order valence-electron chi connectivity index (χ3n) is 6.40. The quantitative estimate of drug-likeness (QED) is 0.370. The van der Waals surface area contributed by atoms with Gasteiger partial charge in [0.15, 0.2) is 6.10 Å². The fraction of sp³-hybridized carbons (Fsp3) is 0.241. The van der Waals surface area contributed by atoms with Crippen molar-refractivity contribution in [1.29, 1.82) is 0 Å². The first-order valence-corrected chi connectivity index (χ1v) is 11.9. The van der Waals surface area contributed by atoms with Gasteiger partial charge in [-0.1, -0.05) is 78.9 Å². The standard InChI is InChI=1S/C29H29N3O2/c1-22(34-26-15-9-4-10-16-26)29(33)31-19-17-25(18-20-31)32-28(24-13-7-3-8-14-24)21-27(30-32)23-11-5-2-6-12-23/h2-16,21-22,25H,17-20H2,1H3. The normalized spacial score (nSPS) is 15.1. The Balaban J connectivity index is 1.32. The second kappa shape index (κ2) is 9.96. The van der Waals surface area contributed by atoms with Crippen LogP contribution in [0.1, 0.15) is 25.8 Å². The van der Waals surface area contributed by atoms with Crippen LogP contribution in [-0.2, 0) is 4.79 Å². The van der Waals surface area contributed by atoms with Crippen molar-refractivity contribution in [2.45, 2.75) is 31.9 Å². The average molecular weight is 452 g/mol. The second-order valence-corrected chi connectivity index (χ2v) is 8.72. The molecular weight excluding hydrogens is 422 g/mol. The van der Waals surface area contributed by atoms with Crippen molar-refractivity contribution >= 4 is 5.91 Å². The summed E-state index contributed by atoms with van der Waals surface area (Å²) >= 11 is 0. The zero-order valence-corrected chi connectivity index (χ0v) is 19.4. The number of carbonyl (C=O) groups is 1. The summed E-state index contributed by atoms with van der Waals surface area (Å²) in [6.45, 7) is 3.22. The molecule has 0 spiro atoms. The summed E-state index contributed by atoms with van der Waals surface area (Å²) in [4.78, 5) is 14.9. The van der Waals surface area contributed by atoms with E-state index in [9.17, 15) is 4.79 Å². The number of amides is 1. The summed E-state index contributed by atoms with van der Waals surface area (Å²) in [5.74, 6) is 0.756. The molecule has 5 heteroatoms. The maximum Gasteiger partial charge on any atom is 0.263 e. The van der Waals surface area contributed by atoms with Gasteiger partial charge < -0.3 is 9.64 Å². The molecule has 0 saturated carbocycles. The number of piperidine rings is 1. The minimum Gasteiger partial charge on any atom is -0.481 e. The number of benzene rings is 3. The number of hydrogen-bond donors (Lipinski definition) is 0. The number of carbonyl (C=O) groups excluding carboxylic acids is 1. The molecule has 1 aliphatic heterocycles. The smallest absolute Gasteiger partial charge is 0.263 e. The highest BCUT2D eigenvalue weighted by Crippen LogP contribution is 2.32. The molecule has 3 aromatic carbocycles. The number of rotatable bonds is 6. The Bertz CT molecular complexity index is 1210. The van der Waals surface area contributed by atoms with Gasteiger partial charge in [-0.05, 0) is 43.5 Å². The van der Waals surface area contributed by atoms with Gasteiger partial charge in [-0.2, -0.15) is 5.10 Å². The number of nitrogens with zero attached hydrogens (tertiary/aromatic N) is 3. The minimum atomic E-state index is -0.506. The van der Waals surface area contributed by atoms with E-state index >= 15 is 0 Å². The first-order valence-electron chi connectivity index (χ1n) is 11.9. The summed E-state index contributed by atoms with van der Waals surface area (Å²) in [5, 5.41) is 5.03. The van der Waals surface area contributed by atoms with Gasteiger partial charge in [-0.3, -0.25) is 9.48 Å². The van der Waals surface area contributed by atoms with Crippen LogP contribution in [0.5, 0.6) is 5.75 Å². The molecule has 0 bridgehead atoms. The maximum atomic E-state index is 13.0. The molecule has 1 aromatic heterocycles. The number of likely N-dealkylation sites (tertiary alicyclic amines) is 1. The van der Waals surface area contributed by atoms with Crippen LogP contribution in [0.3, 0.4) is 0 Å². The number of para-hydroxylation sites is 1. The molecule has 2 heterocycles. The summed E-state index contributed by atoms with van der Waals surface area (Å²) < 4.78 is 8.03. The molecule has 0 N–H and O–H groups in total. The monoisotopic (exact) mass is 451 g/mol. The van der Waals surface area contributed by atoms with Crippen molar-refractivity contribution in [3.05, 3.63) is 97.1 Å². The lowest BCUT2D eigenvalue weighted by molar-refractivity contribution is -0.139. The Morgan fingerprint density at radius 3 is 2.03 bits per heavy atom. The lowest BCUT2D eigenvalue weighted by Gasteiger charge is -2.34. The lowest BCUT2D eigenvalue weighted by atomic mass is 10.0. The third-order valence-corrected chi connectivity index (χ3v) is 6.40. The van der Waals surface area contributed by atoms with Crippen LogP contribution < -0.4 is 4.74 Å². The molecular formula is C29H29N3O2. The van der Waals surface area contributed by atoms with Crippen molar-refractivity contribution in [2.24, 2.45) is 0 Å². The molecule has 34 heavy (non-hydrogen) atoms. The van der Waals surface area contributed by atoms with E-state index in [2.05, 4.69) is 47.1 Å². The van der Waals surface area contributed by atoms with Gasteiger partial charge in [0.2, 0.25) is 0 Å². The Kier molecular flexibility index (Phi) is 6.43. The molecule has 1 fully saturated rings. The Morgan fingerprint density at radius 1 is 0.853 bits per heavy atom. The molecule has 1 saturated heterocycles. The topological polar surface area (TPSA) is 47.4 Å². The Labute approximate surface area is 200 Å². The largest absolute Gasteiger partial charge is 0.481 e. The van der Waals surface area contributed by atoms with Crippen molar-refractivity contribution in [1.82, 2.24) is 14.7 Å². The highest BCUT2D eigenvalue weighted by Gasteiger charge is 2.29. The summed E-state index contributed by atoms with van der Waals surface area (Å²) in [6, 6.07) is 32.6. The van der Waals surface area contributed by atoms with E-state index in [-0.39, 0.29) is 11.9 Å². The van der Waals surface area contributed by atoms with Crippen LogP contribution in [-0.4, -0.2) is 39.8 Å². The van der Waals surface area contributed by atoms with Crippen LogP contribution >= 0.6 is 0 Å². The van der Waals surface area contributed by atoms with Crippen LogP contribution in [0.15, 0.2) is 97.1 Å². The van der Waals surface area contributed by atoms with Crippen LogP contribution in [0.25, 0.3) is 22.5 Å². The van der Waals surface area contributed by atoms with E-state index in [0.29, 0.717) is 13.1 Å². The maximum absolute atomic E-state index is 13.0. The van der Waals surface area contributed by atoms with Gasteiger partial charge in [0, 0.05) is 18.7 Å². The predicted octanol–water partition coefficient (Wildman–Crippen LogP) is 5.85. The summed E-state index contributed by atoms with van der Waals surface area (Å²) in [7, 11) is 0. The van der Waals surface area contributed by atoms with Crippen LogP contribution in [0.4, 0.5) is 0 Å². The fourth-order valence-electron chi connectivity index (χ4n) is 4.59. The summed E-state index contributed by atoms with van der Waals surface area (Å²) in [5.41, 5.74) is 4.35. The van der Waals surface area contributed by atoms with Crippen molar-refractivity contribution in [3.8, 4) is 28.3 Å². The van der Waals surface area contributed by atoms with Gasteiger partial charge in [0.25, 0.3) is 5.91 Å². The molecule has 4 aromatic rings. The van der Waals surface area contributed by atoms with Gasteiger partial charge in [0.1, 0.15) is 5.75 Å². The molecule has 172 valence electrons. The van der Waals surface area contributed by atoms with Gasteiger partial charge >= 0.3 is 0 Å². The zero-order chi connectivity index (χ0) is 23.3. The van der Waals surface area contributed by atoms with Crippen molar-refractivity contribution < 1.29 is 9.53 Å². The van der Waals surface area contributed by atoms with Crippen molar-refractivity contribution in [2.75, 3.05) is 13.1 Å². The zero-order valence-electron chi connectivity index (χ0n) is 19.4. The molecule has 1 unspecified atom stereocenters. The fourth-order valence-corrected chi connectivity index (χ4v) is 4.59. The molecule has 0 aliphatic carbocycles. The highest BCUT2D eigenvalue weighted by atomic mass is 16.5. The Morgan fingerprint density at radius 2 is 1.41 bits per heavy atom. The molecule has 5 nitrogen and oxygen atoms in total. The Hall–Kier alpha value is -3.86. The van der Waals surface area contributed by atoms with Crippen LogP contribution in [0.2, 0.25) is 0 Å². The van der Waals surface area contributed by atoms with Gasteiger partial charge in [-0.25, -0.2) is 0 Å². The predicted molar refractivity (Wildman–Crippen MR) is 134 cm³/mol. The molecule has 5 rings (SSSR count). The first kappa shape index (κ1) is 22.0. The summed E-state index contributed by atoms with van der Waals surface area (Å²) in [6.07, 6.45) is 1.22. The number of aromatic nitrogens is 2. The molecule has 0 radical (unpaired) electrons. The second-order valence-electron chi connectivity index (χ2n) is 8.72. The van der Waals surface area contributed by atoms with E-state index in [4.69, 9.17) is 9.84 Å². The average Bonchev–Trinajstić information content (AvgIpc) is 3.36. The number of ether oxygens (including phenoxy) is 1. The third kappa shape index (κ3) is 4.74. The highest BCUT2D eigenvalue weighted by molar-refractivity contribution is 5.81.